The summed E-state index contributed by atoms with van der Waals surface area (Å²) in [6.45, 7) is 6.88. The normalized spacial score (nSPS) is 16.7. The number of rotatable bonds is 6. The molecule has 7 heteroatoms. The summed E-state index contributed by atoms with van der Waals surface area (Å²) in [5.41, 5.74) is 3.07. The predicted molar refractivity (Wildman–Crippen MR) is 101 cm³/mol. The standard InChI is InChI=1S/C20H26N4O3/c1-14(2)18-13-27-20(26)23(18)12-19(25)22(4)10-16-9-21-24(11-16)17-7-5-6-15(3)8-17/h5-9,11,14,18H,10,12-13H2,1-4H3. The van der Waals surface area contributed by atoms with Gasteiger partial charge in [-0.05, 0) is 30.5 Å². The Morgan fingerprint density at radius 3 is 2.89 bits per heavy atom. The number of benzene rings is 1. The van der Waals surface area contributed by atoms with Gasteiger partial charge in [-0.15, -0.1) is 0 Å². The molecule has 2 aromatic rings. The number of ether oxygens (including phenoxy) is 1. The molecule has 27 heavy (non-hydrogen) atoms. The van der Waals surface area contributed by atoms with Gasteiger partial charge in [-0.2, -0.15) is 5.10 Å². The van der Waals surface area contributed by atoms with Crippen molar-refractivity contribution in [1.29, 1.82) is 0 Å². The minimum absolute atomic E-state index is 0.0319. The van der Waals surface area contributed by atoms with E-state index >= 15 is 0 Å². The highest BCUT2D eigenvalue weighted by Gasteiger charge is 2.36. The molecule has 0 saturated carbocycles. The molecule has 1 aliphatic rings. The maximum Gasteiger partial charge on any atom is 0.410 e. The van der Waals surface area contributed by atoms with E-state index in [0.29, 0.717) is 13.2 Å². The Hall–Kier alpha value is -2.83. The van der Waals surface area contributed by atoms with Crippen LogP contribution in [0.5, 0.6) is 0 Å². The van der Waals surface area contributed by atoms with Crippen molar-refractivity contribution >= 4 is 12.0 Å². The molecule has 0 N–H and O–H groups in total. The Kier molecular flexibility index (Phi) is 5.48. The van der Waals surface area contributed by atoms with Gasteiger partial charge in [0.25, 0.3) is 0 Å². The van der Waals surface area contributed by atoms with Crippen LogP contribution in [0.15, 0.2) is 36.7 Å². The van der Waals surface area contributed by atoms with Gasteiger partial charge in [0.15, 0.2) is 0 Å². The summed E-state index contributed by atoms with van der Waals surface area (Å²) in [5, 5.41) is 4.38. The zero-order valence-electron chi connectivity index (χ0n) is 16.3. The SMILES string of the molecule is Cc1cccc(-n2cc(CN(C)C(=O)CN3C(=O)OCC3C(C)C)cn2)c1. The lowest BCUT2D eigenvalue weighted by molar-refractivity contribution is -0.131. The number of carbonyl (C=O) groups is 2. The summed E-state index contributed by atoms with van der Waals surface area (Å²) < 4.78 is 6.90. The monoisotopic (exact) mass is 370 g/mol. The lowest BCUT2D eigenvalue weighted by Gasteiger charge is -2.26. The van der Waals surface area contributed by atoms with E-state index in [-0.39, 0.29) is 24.4 Å². The molecule has 0 spiro atoms. The van der Waals surface area contributed by atoms with Crippen LogP contribution in [0.2, 0.25) is 0 Å². The number of hydrogen-bond acceptors (Lipinski definition) is 4. The molecule has 1 saturated heterocycles. The highest BCUT2D eigenvalue weighted by Crippen LogP contribution is 2.19. The number of cyclic esters (lactones) is 1. The van der Waals surface area contributed by atoms with Crippen LogP contribution in [-0.2, 0) is 16.1 Å². The second kappa shape index (κ2) is 7.82. The summed E-state index contributed by atoms with van der Waals surface area (Å²) in [4.78, 5) is 27.6. The van der Waals surface area contributed by atoms with E-state index < -0.39 is 6.09 Å². The van der Waals surface area contributed by atoms with Gasteiger partial charge in [0, 0.05) is 25.4 Å². The van der Waals surface area contributed by atoms with Crippen molar-refractivity contribution in [3.63, 3.8) is 0 Å². The maximum absolute atomic E-state index is 12.6. The van der Waals surface area contributed by atoms with Crippen molar-refractivity contribution in [2.24, 2.45) is 5.92 Å². The van der Waals surface area contributed by atoms with Gasteiger partial charge in [-0.3, -0.25) is 9.69 Å². The van der Waals surface area contributed by atoms with E-state index in [1.54, 1.807) is 22.8 Å². The zero-order valence-corrected chi connectivity index (χ0v) is 16.3. The van der Waals surface area contributed by atoms with E-state index in [4.69, 9.17) is 4.74 Å². The number of hydrogen-bond donors (Lipinski definition) is 0. The zero-order chi connectivity index (χ0) is 19.6. The Bertz CT molecular complexity index is 830. The fraction of sp³-hybridized carbons (Fsp3) is 0.450. The van der Waals surface area contributed by atoms with Gasteiger partial charge in [-0.25, -0.2) is 9.48 Å². The Morgan fingerprint density at radius 2 is 2.19 bits per heavy atom. The summed E-state index contributed by atoms with van der Waals surface area (Å²) in [6.07, 6.45) is 3.26. The quantitative estimate of drug-likeness (QED) is 0.784. The molecule has 1 aromatic heterocycles. The van der Waals surface area contributed by atoms with E-state index in [1.807, 2.05) is 45.2 Å². The van der Waals surface area contributed by atoms with Gasteiger partial charge in [0.2, 0.25) is 5.91 Å². The van der Waals surface area contributed by atoms with Crippen LogP contribution >= 0.6 is 0 Å². The number of carbonyl (C=O) groups excluding carboxylic acids is 2. The van der Waals surface area contributed by atoms with E-state index in [2.05, 4.69) is 11.2 Å². The van der Waals surface area contributed by atoms with Crippen LogP contribution in [0.25, 0.3) is 5.69 Å². The molecule has 2 heterocycles. The molecule has 0 bridgehead atoms. The van der Waals surface area contributed by atoms with Crippen LogP contribution in [0, 0.1) is 12.8 Å². The number of likely N-dealkylation sites (N-methyl/N-ethyl adjacent to an activating group) is 1. The molecule has 7 nitrogen and oxygen atoms in total. The van der Waals surface area contributed by atoms with Crippen molar-refractivity contribution in [3.8, 4) is 5.69 Å². The molecular formula is C20H26N4O3. The molecule has 1 aliphatic heterocycles. The number of aryl methyl sites for hydroxylation is 1. The van der Waals surface area contributed by atoms with Crippen molar-refractivity contribution in [2.75, 3.05) is 20.2 Å². The molecule has 2 amide bonds. The second-order valence-electron chi connectivity index (χ2n) is 7.40. The first-order valence-electron chi connectivity index (χ1n) is 9.13. The highest BCUT2D eigenvalue weighted by atomic mass is 16.6. The molecule has 3 rings (SSSR count). The first-order chi connectivity index (χ1) is 12.8. The number of amides is 2. The summed E-state index contributed by atoms with van der Waals surface area (Å²) >= 11 is 0. The van der Waals surface area contributed by atoms with Crippen LogP contribution in [0.4, 0.5) is 4.79 Å². The minimum Gasteiger partial charge on any atom is -0.447 e. The van der Waals surface area contributed by atoms with Crippen LogP contribution in [-0.4, -0.2) is 57.8 Å². The van der Waals surface area contributed by atoms with E-state index in [0.717, 1.165) is 16.8 Å². The average Bonchev–Trinajstić information content (AvgIpc) is 3.22. The molecular weight excluding hydrogens is 344 g/mol. The largest absolute Gasteiger partial charge is 0.447 e. The van der Waals surface area contributed by atoms with Crippen molar-refractivity contribution in [2.45, 2.75) is 33.4 Å². The molecule has 1 unspecified atom stereocenters. The average molecular weight is 370 g/mol. The third kappa shape index (κ3) is 4.30. The Morgan fingerprint density at radius 1 is 1.41 bits per heavy atom. The van der Waals surface area contributed by atoms with Gasteiger partial charge < -0.3 is 9.64 Å². The molecule has 0 radical (unpaired) electrons. The van der Waals surface area contributed by atoms with Crippen molar-refractivity contribution < 1.29 is 14.3 Å². The topological polar surface area (TPSA) is 67.7 Å². The summed E-state index contributed by atoms with van der Waals surface area (Å²) in [6, 6.07) is 8.01. The third-order valence-electron chi connectivity index (χ3n) is 4.84. The Labute approximate surface area is 159 Å². The van der Waals surface area contributed by atoms with Gasteiger partial charge in [-0.1, -0.05) is 26.0 Å². The van der Waals surface area contributed by atoms with Crippen LogP contribution in [0.1, 0.15) is 25.0 Å². The lowest BCUT2D eigenvalue weighted by Crippen LogP contribution is -2.44. The molecule has 0 aliphatic carbocycles. The van der Waals surface area contributed by atoms with Crippen molar-refractivity contribution in [3.05, 3.63) is 47.8 Å². The maximum atomic E-state index is 12.6. The third-order valence-corrected chi connectivity index (χ3v) is 4.84. The number of nitrogens with zero attached hydrogens (tertiary/aromatic N) is 4. The van der Waals surface area contributed by atoms with Crippen LogP contribution < -0.4 is 0 Å². The minimum atomic E-state index is -0.414. The van der Waals surface area contributed by atoms with Gasteiger partial charge >= 0.3 is 6.09 Å². The molecule has 1 atom stereocenters. The first-order valence-corrected chi connectivity index (χ1v) is 9.13. The molecule has 1 aromatic carbocycles. The van der Waals surface area contributed by atoms with Crippen LogP contribution in [0.3, 0.4) is 0 Å². The first kappa shape index (κ1) is 18.9. The highest BCUT2D eigenvalue weighted by molar-refractivity contribution is 5.83. The number of aromatic nitrogens is 2. The fourth-order valence-corrected chi connectivity index (χ4v) is 3.18. The molecule has 144 valence electrons. The Balaban J connectivity index is 1.62. The summed E-state index contributed by atoms with van der Waals surface area (Å²) in [7, 11) is 1.73. The van der Waals surface area contributed by atoms with E-state index in [1.165, 1.54) is 4.90 Å². The smallest absolute Gasteiger partial charge is 0.410 e. The predicted octanol–water partition coefficient (Wildman–Crippen LogP) is 2.62. The van der Waals surface area contributed by atoms with Gasteiger partial charge in [0.05, 0.1) is 17.9 Å². The fourth-order valence-electron chi connectivity index (χ4n) is 3.18. The van der Waals surface area contributed by atoms with Gasteiger partial charge in [0.1, 0.15) is 13.2 Å². The lowest BCUT2D eigenvalue weighted by atomic mass is 10.0. The molecule has 1 fully saturated rings. The van der Waals surface area contributed by atoms with E-state index in [9.17, 15) is 9.59 Å². The second-order valence-corrected chi connectivity index (χ2v) is 7.40. The van der Waals surface area contributed by atoms with Crippen molar-refractivity contribution in [1.82, 2.24) is 19.6 Å². The summed E-state index contributed by atoms with van der Waals surface area (Å²) in [5.74, 6) is 0.116.